The van der Waals surface area contributed by atoms with Crippen LogP contribution >= 0.6 is 0 Å². The Morgan fingerprint density at radius 1 is 1.37 bits per heavy atom. The Labute approximate surface area is 119 Å². The summed E-state index contributed by atoms with van der Waals surface area (Å²) in [5.41, 5.74) is 5.57. The molecule has 4 nitrogen and oxygen atoms in total. The monoisotopic (exact) mass is 271 g/mol. The molecule has 1 aliphatic rings. The molecule has 4 heteroatoms. The average Bonchev–Trinajstić information content (AvgIpc) is 2.42. The van der Waals surface area contributed by atoms with E-state index in [2.05, 4.69) is 17.1 Å². The van der Waals surface area contributed by atoms with Crippen molar-refractivity contribution in [2.75, 3.05) is 39.9 Å². The van der Waals surface area contributed by atoms with Crippen LogP contribution in [0.1, 0.15) is 45.4 Å². The summed E-state index contributed by atoms with van der Waals surface area (Å²) in [6, 6.07) is 1.24. The van der Waals surface area contributed by atoms with E-state index in [0.717, 1.165) is 38.6 Å². The number of rotatable bonds is 10. The molecule has 2 atom stereocenters. The largest absolute Gasteiger partial charge is 0.383 e. The standard InChI is InChI=1S/C15H33N3O/c1-14-7-3-4-11-18(14)12-6-10-17-15(13-19-2)8-5-9-16/h14-15,17H,3-13,16H2,1-2H3. The van der Waals surface area contributed by atoms with Crippen LogP contribution in [-0.4, -0.2) is 56.9 Å². The fourth-order valence-electron chi connectivity index (χ4n) is 2.89. The summed E-state index contributed by atoms with van der Waals surface area (Å²) in [5.74, 6) is 0. The molecule has 3 N–H and O–H groups in total. The van der Waals surface area contributed by atoms with Crippen LogP contribution in [0, 0.1) is 0 Å². The van der Waals surface area contributed by atoms with Crippen LogP contribution in [0.4, 0.5) is 0 Å². The molecule has 0 aromatic rings. The summed E-state index contributed by atoms with van der Waals surface area (Å²) < 4.78 is 5.25. The van der Waals surface area contributed by atoms with Crippen molar-refractivity contribution in [3.63, 3.8) is 0 Å². The first kappa shape index (κ1) is 16.9. The van der Waals surface area contributed by atoms with Gasteiger partial charge >= 0.3 is 0 Å². The van der Waals surface area contributed by atoms with Gasteiger partial charge in [-0.3, -0.25) is 0 Å². The second-order valence-corrected chi connectivity index (χ2v) is 5.77. The summed E-state index contributed by atoms with van der Waals surface area (Å²) in [6.07, 6.45) is 7.57. The molecule has 2 unspecified atom stereocenters. The third-order valence-corrected chi connectivity index (χ3v) is 4.12. The van der Waals surface area contributed by atoms with Gasteiger partial charge in [0.2, 0.25) is 0 Å². The maximum absolute atomic E-state index is 5.57. The quantitative estimate of drug-likeness (QED) is 0.593. The molecule has 1 fully saturated rings. The number of ether oxygens (including phenoxy) is 1. The fraction of sp³-hybridized carbons (Fsp3) is 1.00. The van der Waals surface area contributed by atoms with Crippen LogP contribution < -0.4 is 11.1 Å². The van der Waals surface area contributed by atoms with Gasteiger partial charge in [-0.05, 0) is 65.2 Å². The zero-order valence-electron chi connectivity index (χ0n) is 12.9. The fourth-order valence-corrected chi connectivity index (χ4v) is 2.89. The predicted molar refractivity (Wildman–Crippen MR) is 81.5 cm³/mol. The highest BCUT2D eigenvalue weighted by atomic mass is 16.5. The van der Waals surface area contributed by atoms with Gasteiger partial charge in [0.15, 0.2) is 0 Å². The molecule has 0 aromatic carbocycles. The van der Waals surface area contributed by atoms with Crippen molar-refractivity contribution in [3.05, 3.63) is 0 Å². The summed E-state index contributed by atoms with van der Waals surface area (Å²) in [7, 11) is 1.77. The average molecular weight is 271 g/mol. The zero-order valence-corrected chi connectivity index (χ0v) is 12.9. The Kier molecular flexibility index (Phi) is 9.43. The minimum absolute atomic E-state index is 0.465. The van der Waals surface area contributed by atoms with Crippen molar-refractivity contribution < 1.29 is 4.74 Å². The van der Waals surface area contributed by atoms with Crippen LogP contribution in [0.2, 0.25) is 0 Å². The molecular formula is C15H33N3O. The third kappa shape index (κ3) is 7.25. The van der Waals surface area contributed by atoms with Crippen LogP contribution in [0.3, 0.4) is 0 Å². The molecule has 0 amide bonds. The molecule has 114 valence electrons. The van der Waals surface area contributed by atoms with Gasteiger partial charge in [-0.2, -0.15) is 0 Å². The highest BCUT2D eigenvalue weighted by molar-refractivity contribution is 4.73. The first-order chi connectivity index (χ1) is 9.27. The van der Waals surface area contributed by atoms with Gasteiger partial charge in [-0.25, -0.2) is 0 Å². The minimum atomic E-state index is 0.465. The van der Waals surface area contributed by atoms with Crippen LogP contribution in [0.15, 0.2) is 0 Å². The molecule has 1 rings (SSSR count). The molecule has 0 aromatic heterocycles. The maximum Gasteiger partial charge on any atom is 0.0615 e. The lowest BCUT2D eigenvalue weighted by Crippen LogP contribution is -2.40. The molecule has 1 saturated heterocycles. The lowest BCUT2D eigenvalue weighted by atomic mass is 10.0. The Balaban J connectivity index is 2.09. The predicted octanol–water partition coefficient (Wildman–Crippen LogP) is 1.59. The van der Waals surface area contributed by atoms with Crippen molar-refractivity contribution in [2.24, 2.45) is 5.73 Å². The van der Waals surface area contributed by atoms with Gasteiger partial charge < -0.3 is 20.7 Å². The molecule has 0 spiro atoms. The van der Waals surface area contributed by atoms with Gasteiger partial charge in [-0.1, -0.05) is 6.42 Å². The van der Waals surface area contributed by atoms with Gasteiger partial charge in [0.05, 0.1) is 6.61 Å². The third-order valence-electron chi connectivity index (χ3n) is 4.12. The maximum atomic E-state index is 5.57. The Hall–Kier alpha value is -0.160. The molecule has 0 aliphatic carbocycles. The number of methoxy groups -OCH3 is 1. The van der Waals surface area contributed by atoms with E-state index in [1.165, 1.54) is 38.8 Å². The van der Waals surface area contributed by atoms with E-state index in [0.29, 0.717) is 6.04 Å². The summed E-state index contributed by atoms with van der Waals surface area (Å²) >= 11 is 0. The lowest BCUT2D eigenvalue weighted by Gasteiger charge is -2.33. The Bertz CT molecular complexity index is 214. The first-order valence-electron chi connectivity index (χ1n) is 7.94. The van der Waals surface area contributed by atoms with E-state index < -0.39 is 0 Å². The molecule has 1 aliphatic heterocycles. The molecule has 1 heterocycles. The van der Waals surface area contributed by atoms with Gasteiger partial charge in [-0.15, -0.1) is 0 Å². The smallest absolute Gasteiger partial charge is 0.0615 e. The molecule has 0 saturated carbocycles. The minimum Gasteiger partial charge on any atom is -0.383 e. The van der Waals surface area contributed by atoms with Crippen LogP contribution in [0.25, 0.3) is 0 Å². The first-order valence-corrected chi connectivity index (χ1v) is 7.94. The second-order valence-electron chi connectivity index (χ2n) is 5.77. The SMILES string of the molecule is COCC(CCCN)NCCCN1CCCCC1C. The zero-order chi connectivity index (χ0) is 13.9. The van der Waals surface area contributed by atoms with Crippen LogP contribution in [-0.2, 0) is 4.74 Å². The lowest BCUT2D eigenvalue weighted by molar-refractivity contribution is 0.149. The number of nitrogens with two attached hydrogens (primary N) is 1. The van der Waals surface area contributed by atoms with Crippen molar-refractivity contribution in [1.29, 1.82) is 0 Å². The van der Waals surface area contributed by atoms with E-state index in [4.69, 9.17) is 10.5 Å². The van der Waals surface area contributed by atoms with E-state index in [9.17, 15) is 0 Å². The molecule has 19 heavy (non-hydrogen) atoms. The van der Waals surface area contributed by atoms with Crippen molar-refractivity contribution in [1.82, 2.24) is 10.2 Å². The number of likely N-dealkylation sites (tertiary alicyclic amines) is 1. The summed E-state index contributed by atoms with van der Waals surface area (Å²) in [5, 5.41) is 3.60. The van der Waals surface area contributed by atoms with Gasteiger partial charge in [0.25, 0.3) is 0 Å². The van der Waals surface area contributed by atoms with Gasteiger partial charge in [0, 0.05) is 19.2 Å². The van der Waals surface area contributed by atoms with Crippen molar-refractivity contribution in [3.8, 4) is 0 Å². The molecule has 0 bridgehead atoms. The summed E-state index contributed by atoms with van der Waals surface area (Å²) in [6.45, 7) is 7.53. The normalized spacial score (nSPS) is 22.6. The van der Waals surface area contributed by atoms with E-state index >= 15 is 0 Å². The van der Waals surface area contributed by atoms with Crippen LogP contribution in [0.5, 0.6) is 0 Å². The second kappa shape index (κ2) is 10.6. The highest BCUT2D eigenvalue weighted by Crippen LogP contribution is 2.16. The number of hydrogen-bond donors (Lipinski definition) is 2. The number of piperidine rings is 1. The van der Waals surface area contributed by atoms with Crippen molar-refractivity contribution >= 4 is 0 Å². The highest BCUT2D eigenvalue weighted by Gasteiger charge is 2.17. The van der Waals surface area contributed by atoms with E-state index in [1.54, 1.807) is 7.11 Å². The van der Waals surface area contributed by atoms with E-state index in [1.807, 2.05) is 0 Å². The Morgan fingerprint density at radius 3 is 2.89 bits per heavy atom. The summed E-state index contributed by atoms with van der Waals surface area (Å²) in [4.78, 5) is 2.64. The van der Waals surface area contributed by atoms with Gasteiger partial charge in [0.1, 0.15) is 0 Å². The van der Waals surface area contributed by atoms with Crippen molar-refractivity contribution in [2.45, 2.75) is 57.5 Å². The Morgan fingerprint density at radius 2 is 2.21 bits per heavy atom. The number of hydrogen-bond acceptors (Lipinski definition) is 4. The topological polar surface area (TPSA) is 50.5 Å². The number of nitrogens with zero attached hydrogens (tertiary/aromatic N) is 1. The number of nitrogens with one attached hydrogen (secondary N) is 1. The molecular weight excluding hydrogens is 238 g/mol. The molecule has 0 radical (unpaired) electrons. The van der Waals surface area contributed by atoms with E-state index in [-0.39, 0.29) is 0 Å².